The summed E-state index contributed by atoms with van der Waals surface area (Å²) < 4.78 is 23.1. The van der Waals surface area contributed by atoms with Gasteiger partial charge >= 0.3 is 0 Å². The molecule has 0 radical (unpaired) electrons. The molecular formula is C45H89N2O6P. The molecule has 0 fully saturated rings. The van der Waals surface area contributed by atoms with Crippen LogP contribution in [-0.4, -0.2) is 68.5 Å². The molecule has 3 atom stereocenters. The van der Waals surface area contributed by atoms with E-state index in [9.17, 15) is 19.4 Å². The highest BCUT2D eigenvalue weighted by molar-refractivity contribution is 7.45. The van der Waals surface area contributed by atoms with E-state index in [1.807, 2.05) is 27.2 Å². The van der Waals surface area contributed by atoms with Crippen LogP contribution in [0.3, 0.4) is 0 Å². The van der Waals surface area contributed by atoms with Crippen LogP contribution in [0.2, 0.25) is 0 Å². The van der Waals surface area contributed by atoms with Crippen LogP contribution in [0.1, 0.15) is 206 Å². The molecule has 0 heterocycles. The van der Waals surface area contributed by atoms with Gasteiger partial charge in [0.2, 0.25) is 5.91 Å². The van der Waals surface area contributed by atoms with Crippen molar-refractivity contribution in [3.63, 3.8) is 0 Å². The summed E-state index contributed by atoms with van der Waals surface area (Å²) in [6.07, 6.45) is 43.8. The number of phosphoric acid groups is 1. The van der Waals surface area contributed by atoms with Crippen molar-refractivity contribution in [3.05, 3.63) is 24.3 Å². The minimum Gasteiger partial charge on any atom is -0.756 e. The molecule has 1 amide bonds. The Kier molecular flexibility index (Phi) is 36.8. The number of aliphatic hydroxyl groups is 1. The van der Waals surface area contributed by atoms with Crippen molar-refractivity contribution in [2.24, 2.45) is 0 Å². The number of aliphatic hydroxyl groups excluding tert-OH is 1. The number of nitrogens with one attached hydrogen (secondary N) is 1. The van der Waals surface area contributed by atoms with Crippen molar-refractivity contribution in [1.82, 2.24) is 5.32 Å². The van der Waals surface area contributed by atoms with E-state index in [-0.39, 0.29) is 19.1 Å². The van der Waals surface area contributed by atoms with E-state index in [0.29, 0.717) is 17.4 Å². The molecule has 0 rings (SSSR count). The van der Waals surface area contributed by atoms with E-state index >= 15 is 0 Å². The number of hydrogen-bond acceptors (Lipinski definition) is 6. The zero-order valence-corrected chi connectivity index (χ0v) is 37.1. The van der Waals surface area contributed by atoms with Gasteiger partial charge in [-0.15, -0.1) is 0 Å². The summed E-state index contributed by atoms with van der Waals surface area (Å²) in [5.41, 5.74) is 0. The first-order chi connectivity index (χ1) is 26.0. The minimum absolute atomic E-state index is 0.0000597. The molecule has 1 unspecified atom stereocenters. The van der Waals surface area contributed by atoms with Gasteiger partial charge in [-0.25, -0.2) is 0 Å². The standard InChI is InChI=1S/C45H89N2O6P/c1-6-8-10-12-14-16-17-18-19-20-21-22-23-24-25-26-27-28-29-31-33-35-37-39-45(49)46-43(42-53-54(50,51)52-41-40-47(3,4)5)44(48)38-36-34-32-30-15-13-11-9-7-2/h18-19,36,38,43-44,48H,6-17,20-35,37,39-42H2,1-5H3,(H-,46,49,50,51)/b19-18+,38-36+/t43-,44+/m0/s1. The smallest absolute Gasteiger partial charge is 0.268 e. The fourth-order valence-electron chi connectivity index (χ4n) is 6.50. The summed E-state index contributed by atoms with van der Waals surface area (Å²) in [5.74, 6) is -0.199. The second kappa shape index (κ2) is 37.6. The maximum Gasteiger partial charge on any atom is 0.268 e. The molecule has 8 nitrogen and oxygen atoms in total. The number of likely N-dealkylation sites (N-methyl/N-ethyl adjacent to an activating group) is 1. The van der Waals surface area contributed by atoms with E-state index in [2.05, 4.69) is 31.3 Å². The summed E-state index contributed by atoms with van der Waals surface area (Å²) in [4.78, 5) is 25.2. The van der Waals surface area contributed by atoms with Crippen molar-refractivity contribution in [2.75, 3.05) is 40.9 Å². The van der Waals surface area contributed by atoms with Crippen molar-refractivity contribution >= 4 is 13.7 Å². The minimum atomic E-state index is -4.58. The number of amides is 1. The Morgan fingerprint density at radius 3 is 1.44 bits per heavy atom. The van der Waals surface area contributed by atoms with Crippen molar-refractivity contribution in [3.8, 4) is 0 Å². The number of allylic oxidation sites excluding steroid dienone is 3. The Balaban J connectivity index is 4.18. The van der Waals surface area contributed by atoms with Gasteiger partial charge in [0.25, 0.3) is 7.82 Å². The molecule has 9 heteroatoms. The Morgan fingerprint density at radius 2 is 1.02 bits per heavy atom. The van der Waals surface area contributed by atoms with Crippen LogP contribution < -0.4 is 10.2 Å². The van der Waals surface area contributed by atoms with Crippen molar-refractivity contribution in [2.45, 2.75) is 219 Å². The fraction of sp³-hybridized carbons (Fsp3) is 0.889. The summed E-state index contributed by atoms with van der Waals surface area (Å²) in [5, 5.41) is 13.7. The Labute approximate surface area is 334 Å². The maximum atomic E-state index is 12.8. The molecule has 0 spiro atoms. The highest BCUT2D eigenvalue weighted by atomic mass is 31.2. The topological polar surface area (TPSA) is 108 Å². The van der Waals surface area contributed by atoms with Crippen molar-refractivity contribution < 1.29 is 32.9 Å². The Morgan fingerprint density at radius 1 is 0.630 bits per heavy atom. The zero-order chi connectivity index (χ0) is 40.0. The SMILES string of the molecule is CCCCCCCC/C=C/CCCCCCCCCCCCCCCC(=O)N[C@@H](COP(=O)([O-])OCC[N+](C)(C)C)[C@H](O)/C=C/CCCCCCCCC. The van der Waals surface area contributed by atoms with Crippen LogP contribution in [0, 0.1) is 0 Å². The van der Waals surface area contributed by atoms with Crippen LogP contribution in [0.4, 0.5) is 0 Å². The van der Waals surface area contributed by atoms with Gasteiger partial charge in [0.15, 0.2) is 0 Å². The van der Waals surface area contributed by atoms with Crippen LogP contribution in [-0.2, 0) is 18.4 Å². The van der Waals surface area contributed by atoms with E-state index < -0.39 is 20.0 Å². The number of hydrogen-bond donors (Lipinski definition) is 2. The molecule has 0 aliphatic carbocycles. The van der Waals surface area contributed by atoms with Gasteiger partial charge in [0, 0.05) is 6.42 Å². The number of quaternary nitrogens is 1. The molecule has 0 saturated carbocycles. The molecule has 0 aromatic rings. The molecule has 0 aliphatic rings. The summed E-state index contributed by atoms with van der Waals surface area (Å²) >= 11 is 0. The number of carbonyl (C=O) groups is 1. The van der Waals surface area contributed by atoms with Gasteiger partial charge in [0.05, 0.1) is 39.9 Å². The van der Waals surface area contributed by atoms with Gasteiger partial charge in [-0.05, 0) is 44.9 Å². The third kappa shape index (κ3) is 39.2. The first-order valence-electron chi connectivity index (χ1n) is 22.7. The second-order valence-electron chi connectivity index (χ2n) is 16.8. The summed E-state index contributed by atoms with van der Waals surface area (Å²) in [6, 6.07) is -0.881. The highest BCUT2D eigenvalue weighted by Gasteiger charge is 2.23. The fourth-order valence-corrected chi connectivity index (χ4v) is 7.22. The lowest BCUT2D eigenvalue weighted by Crippen LogP contribution is -2.45. The van der Waals surface area contributed by atoms with Gasteiger partial charge in [-0.2, -0.15) is 0 Å². The van der Waals surface area contributed by atoms with Crippen LogP contribution >= 0.6 is 7.82 Å². The normalized spacial score (nSPS) is 14.6. The maximum absolute atomic E-state index is 12.8. The predicted octanol–water partition coefficient (Wildman–Crippen LogP) is 11.9. The average Bonchev–Trinajstić information content (AvgIpc) is 3.12. The largest absolute Gasteiger partial charge is 0.756 e. The quantitative estimate of drug-likeness (QED) is 0.0277. The third-order valence-corrected chi connectivity index (χ3v) is 11.1. The van der Waals surface area contributed by atoms with Crippen LogP contribution in [0.25, 0.3) is 0 Å². The Bertz CT molecular complexity index is 938. The summed E-state index contributed by atoms with van der Waals surface area (Å²) in [6.45, 7) is 4.61. The monoisotopic (exact) mass is 785 g/mol. The van der Waals surface area contributed by atoms with Gasteiger partial charge in [0.1, 0.15) is 13.2 Å². The molecule has 0 aliphatic heterocycles. The van der Waals surface area contributed by atoms with Gasteiger partial charge in [-0.3, -0.25) is 9.36 Å². The van der Waals surface area contributed by atoms with E-state index in [1.54, 1.807) is 6.08 Å². The first kappa shape index (κ1) is 53.0. The molecule has 320 valence electrons. The number of carbonyl (C=O) groups excluding carboxylic acids is 1. The van der Waals surface area contributed by atoms with E-state index in [1.165, 1.54) is 148 Å². The zero-order valence-electron chi connectivity index (χ0n) is 36.2. The van der Waals surface area contributed by atoms with E-state index in [4.69, 9.17) is 9.05 Å². The lowest BCUT2D eigenvalue weighted by molar-refractivity contribution is -0.870. The molecule has 0 bridgehead atoms. The number of unbranched alkanes of at least 4 members (excludes halogenated alkanes) is 26. The molecule has 0 saturated heterocycles. The number of nitrogens with zero attached hydrogens (tertiary/aromatic N) is 1. The van der Waals surface area contributed by atoms with Crippen molar-refractivity contribution in [1.29, 1.82) is 0 Å². The molecule has 0 aromatic carbocycles. The third-order valence-electron chi connectivity index (χ3n) is 10.2. The highest BCUT2D eigenvalue weighted by Crippen LogP contribution is 2.38. The summed E-state index contributed by atoms with van der Waals surface area (Å²) in [7, 11) is 1.26. The molecule has 0 aromatic heterocycles. The van der Waals surface area contributed by atoms with E-state index in [0.717, 1.165) is 38.5 Å². The lowest BCUT2D eigenvalue weighted by Gasteiger charge is -2.29. The average molecular weight is 785 g/mol. The van der Waals surface area contributed by atoms with Gasteiger partial charge in [-0.1, -0.05) is 179 Å². The molecule has 2 N–H and O–H groups in total. The van der Waals surface area contributed by atoms with Crippen LogP contribution in [0.5, 0.6) is 0 Å². The first-order valence-corrected chi connectivity index (χ1v) is 24.2. The lowest BCUT2D eigenvalue weighted by atomic mass is 10.0. The molecule has 54 heavy (non-hydrogen) atoms. The second-order valence-corrected chi connectivity index (χ2v) is 18.2. The number of phosphoric ester groups is 1. The van der Waals surface area contributed by atoms with Gasteiger partial charge < -0.3 is 28.8 Å². The molecular weight excluding hydrogens is 695 g/mol. The Hall–Kier alpha value is -1.02. The van der Waals surface area contributed by atoms with Crippen LogP contribution in [0.15, 0.2) is 24.3 Å². The predicted molar refractivity (Wildman–Crippen MR) is 228 cm³/mol. The number of rotatable bonds is 41.